The number of hydrogen-bond donors (Lipinski definition) is 1. The predicted octanol–water partition coefficient (Wildman–Crippen LogP) is 5.77. The van der Waals surface area contributed by atoms with Crippen molar-refractivity contribution in [3.05, 3.63) is 93.5 Å². The highest BCUT2D eigenvalue weighted by molar-refractivity contribution is 7.93. The molecule has 5 nitrogen and oxygen atoms in total. The maximum absolute atomic E-state index is 13.8. The molecule has 1 heterocycles. The molecule has 1 N–H and O–H groups in total. The van der Waals surface area contributed by atoms with Crippen LogP contribution in [0.2, 0.25) is 10.0 Å². The number of sulfonamides is 1. The van der Waals surface area contributed by atoms with E-state index in [1.54, 1.807) is 36.4 Å². The zero-order valence-corrected chi connectivity index (χ0v) is 22.2. The highest BCUT2D eigenvalue weighted by Gasteiger charge is 2.42. The Hall–Kier alpha value is -2.54. The van der Waals surface area contributed by atoms with Gasteiger partial charge in [0.25, 0.3) is 10.0 Å². The first kappa shape index (κ1) is 25.5. The van der Waals surface area contributed by atoms with Crippen LogP contribution in [-0.4, -0.2) is 26.9 Å². The van der Waals surface area contributed by atoms with Crippen LogP contribution in [0, 0.1) is 0 Å². The molecule has 35 heavy (non-hydrogen) atoms. The van der Waals surface area contributed by atoms with Gasteiger partial charge in [0, 0.05) is 13.0 Å². The molecule has 1 atom stereocenters. The molecule has 0 radical (unpaired) electrons. The third-order valence-corrected chi connectivity index (χ3v) is 8.78. The van der Waals surface area contributed by atoms with E-state index in [0.717, 1.165) is 16.7 Å². The van der Waals surface area contributed by atoms with Crippen LogP contribution in [0.25, 0.3) is 0 Å². The first-order valence-electron chi connectivity index (χ1n) is 11.4. The van der Waals surface area contributed by atoms with Gasteiger partial charge in [-0.3, -0.25) is 9.10 Å². The molecule has 1 aliphatic rings. The molecule has 0 unspecified atom stereocenters. The molecular formula is C27H28Cl2N2O3S. The maximum atomic E-state index is 13.8. The van der Waals surface area contributed by atoms with Crippen molar-refractivity contribution in [1.82, 2.24) is 5.32 Å². The molecule has 1 aliphatic heterocycles. The van der Waals surface area contributed by atoms with E-state index in [1.807, 2.05) is 30.3 Å². The van der Waals surface area contributed by atoms with Crippen LogP contribution in [0.3, 0.4) is 0 Å². The minimum absolute atomic E-state index is 0.0979. The second kappa shape index (κ2) is 9.84. The quantitative estimate of drug-likeness (QED) is 0.439. The highest BCUT2D eigenvalue weighted by Crippen LogP contribution is 2.37. The molecule has 0 saturated carbocycles. The Bertz CT molecular complexity index is 1350. The van der Waals surface area contributed by atoms with Crippen molar-refractivity contribution in [3.63, 3.8) is 0 Å². The Kier molecular flexibility index (Phi) is 7.18. The minimum Gasteiger partial charge on any atom is -0.354 e. The summed E-state index contributed by atoms with van der Waals surface area (Å²) in [6.07, 6.45) is 0.859. The fourth-order valence-electron chi connectivity index (χ4n) is 4.24. The lowest BCUT2D eigenvalue weighted by atomic mass is 9.87. The minimum atomic E-state index is -3.96. The molecule has 0 saturated heterocycles. The molecule has 3 aromatic rings. The summed E-state index contributed by atoms with van der Waals surface area (Å²) in [7, 11) is -3.96. The van der Waals surface area contributed by atoms with Crippen molar-refractivity contribution < 1.29 is 13.2 Å². The van der Waals surface area contributed by atoms with Crippen molar-refractivity contribution in [2.75, 3.05) is 10.8 Å². The van der Waals surface area contributed by atoms with Crippen molar-refractivity contribution in [2.24, 2.45) is 0 Å². The summed E-state index contributed by atoms with van der Waals surface area (Å²) in [5.74, 6) is -0.337. The van der Waals surface area contributed by atoms with Gasteiger partial charge in [0.2, 0.25) is 5.91 Å². The molecule has 8 heteroatoms. The zero-order chi connectivity index (χ0) is 25.4. The van der Waals surface area contributed by atoms with Crippen molar-refractivity contribution in [3.8, 4) is 0 Å². The smallest absolute Gasteiger partial charge is 0.265 e. The molecule has 0 aliphatic carbocycles. The summed E-state index contributed by atoms with van der Waals surface area (Å²) in [5, 5.41) is 3.83. The van der Waals surface area contributed by atoms with E-state index < -0.39 is 16.1 Å². The lowest BCUT2D eigenvalue weighted by Crippen LogP contribution is -2.48. The van der Waals surface area contributed by atoms with Gasteiger partial charge >= 0.3 is 0 Å². The van der Waals surface area contributed by atoms with E-state index in [4.69, 9.17) is 23.2 Å². The number of amides is 1. The van der Waals surface area contributed by atoms with Crippen LogP contribution >= 0.6 is 23.2 Å². The number of carbonyl (C=O) groups is 1. The summed E-state index contributed by atoms with van der Waals surface area (Å²) in [4.78, 5) is 13.4. The van der Waals surface area contributed by atoms with Crippen LogP contribution in [-0.2, 0) is 33.1 Å². The van der Waals surface area contributed by atoms with Crippen molar-refractivity contribution in [2.45, 2.75) is 50.0 Å². The lowest BCUT2D eigenvalue weighted by molar-refractivity contribution is -0.122. The van der Waals surface area contributed by atoms with Gasteiger partial charge in [0.15, 0.2) is 0 Å². The van der Waals surface area contributed by atoms with Crippen LogP contribution in [0.4, 0.5) is 5.69 Å². The average Bonchev–Trinajstić information content (AvgIpc) is 3.21. The third-order valence-electron chi connectivity index (χ3n) is 6.20. The monoisotopic (exact) mass is 530 g/mol. The average molecular weight is 532 g/mol. The molecule has 0 spiro atoms. The first-order chi connectivity index (χ1) is 16.5. The van der Waals surface area contributed by atoms with Crippen molar-refractivity contribution in [1.29, 1.82) is 0 Å². The van der Waals surface area contributed by atoms with Gasteiger partial charge in [-0.2, -0.15) is 0 Å². The summed E-state index contributed by atoms with van der Waals surface area (Å²) >= 11 is 12.1. The van der Waals surface area contributed by atoms with E-state index in [0.29, 0.717) is 35.1 Å². The second-order valence-electron chi connectivity index (χ2n) is 9.71. The largest absolute Gasteiger partial charge is 0.354 e. The number of fused-ring (bicyclic) bond motifs is 1. The molecule has 0 bridgehead atoms. The van der Waals surface area contributed by atoms with Gasteiger partial charge in [-0.15, -0.1) is 0 Å². The molecule has 0 aromatic heterocycles. The fraction of sp³-hybridized carbons (Fsp3) is 0.296. The molecular weight excluding hydrogens is 503 g/mol. The predicted molar refractivity (Wildman–Crippen MR) is 142 cm³/mol. The molecule has 4 rings (SSSR count). The topological polar surface area (TPSA) is 66.5 Å². The summed E-state index contributed by atoms with van der Waals surface area (Å²) in [6, 6.07) is 18.6. The number of anilines is 1. The summed E-state index contributed by atoms with van der Waals surface area (Å²) in [6.45, 7) is 6.57. The van der Waals surface area contributed by atoms with Gasteiger partial charge in [-0.05, 0) is 58.9 Å². The summed E-state index contributed by atoms with van der Waals surface area (Å²) in [5.41, 5.74) is 3.23. The van der Waals surface area contributed by atoms with Gasteiger partial charge in [-0.25, -0.2) is 8.42 Å². The Balaban J connectivity index is 1.57. The lowest BCUT2D eigenvalue weighted by Gasteiger charge is -2.27. The number of nitrogens with one attached hydrogen (secondary N) is 1. The van der Waals surface area contributed by atoms with Gasteiger partial charge in [-0.1, -0.05) is 80.4 Å². The number of carbonyl (C=O) groups excluding carboxylic acids is 1. The Morgan fingerprint density at radius 3 is 2.34 bits per heavy atom. The van der Waals surface area contributed by atoms with E-state index >= 15 is 0 Å². The number of para-hydroxylation sites is 1. The number of nitrogens with zero attached hydrogens (tertiary/aromatic N) is 1. The Morgan fingerprint density at radius 1 is 1.00 bits per heavy atom. The Labute approximate surface area is 217 Å². The first-order valence-corrected chi connectivity index (χ1v) is 13.6. The van der Waals surface area contributed by atoms with E-state index in [9.17, 15) is 13.2 Å². The maximum Gasteiger partial charge on any atom is 0.265 e. The van der Waals surface area contributed by atoms with E-state index in [2.05, 4.69) is 26.1 Å². The normalized spacial score (nSPS) is 15.7. The van der Waals surface area contributed by atoms with E-state index in [1.165, 1.54) is 4.31 Å². The number of benzene rings is 3. The fourth-order valence-corrected chi connectivity index (χ4v) is 6.21. The molecule has 1 amide bonds. The zero-order valence-electron chi connectivity index (χ0n) is 19.9. The molecule has 0 fully saturated rings. The highest BCUT2D eigenvalue weighted by atomic mass is 35.5. The SMILES string of the molecule is CC(C)(C)c1ccc(S(=O)(=O)N2c3ccccc3C[C@H]2C(=O)NCCc2ccc(Cl)c(Cl)c2)cc1. The van der Waals surface area contributed by atoms with Gasteiger partial charge < -0.3 is 5.32 Å². The Morgan fingerprint density at radius 2 is 1.69 bits per heavy atom. The number of rotatable bonds is 6. The number of hydrogen-bond acceptors (Lipinski definition) is 3. The molecule has 3 aromatic carbocycles. The van der Waals surface area contributed by atoms with Crippen LogP contribution in [0.1, 0.15) is 37.5 Å². The summed E-state index contributed by atoms with van der Waals surface area (Å²) < 4.78 is 28.8. The van der Waals surface area contributed by atoms with Crippen molar-refractivity contribution >= 4 is 44.8 Å². The van der Waals surface area contributed by atoms with Gasteiger partial charge in [0.1, 0.15) is 6.04 Å². The number of halogens is 2. The van der Waals surface area contributed by atoms with Crippen LogP contribution in [0.15, 0.2) is 71.6 Å². The second-order valence-corrected chi connectivity index (χ2v) is 12.3. The third kappa shape index (κ3) is 5.35. The molecule has 184 valence electrons. The van der Waals surface area contributed by atoms with Gasteiger partial charge in [0.05, 0.1) is 20.6 Å². The van der Waals surface area contributed by atoms with Crippen LogP contribution < -0.4 is 9.62 Å². The van der Waals surface area contributed by atoms with Crippen LogP contribution in [0.5, 0.6) is 0 Å². The standard InChI is InChI=1S/C27H28Cl2N2O3S/c1-27(2,3)20-9-11-21(12-10-20)35(33,34)31-24-7-5-4-6-19(24)17-25(31)26(32)30-15-14-18-8-13-22(28)23(29)16-18/h4-13,16,25H,14-15,17H2,1-3H3,(H,30,32)/t25-/m0/s1. The van der Waals surface area contributed by atoms with E-state index in [-0.39, 0.29) is 16.2 Å².